The maximum absolute atomic E-state index is 12.4. The lowest BCUT2D eigenvalue weighted by atomic mass is 9.99. The summed E-state index contributed by atoms with van der Waals surface area (Å²) in [5.74, 6) is 1.61. The van der Waals surface area contributed by atoms with Crippen molar-refractivity contribution in [2.75, 3.05) is 13.2 Å². The number of rotatable bonds is 3. The average Bonchev–Trinajstić information content (AvgIpc) is 3.22. The molecule has 0 unspecified atom stereocenters. The second kappa shape index (κ2) is 6.19. The van der Waals surface area contributed by atoms with E-state index in [0.29, 0.717) is 35.4 Å². The third kappa shape index (κ3) is 2.70. The zero-order valence-electron chi connectivity index (χ0n) is 12.8. The highest BCUT2D eigenvalue weighted by atomic mass is 35.5. The van der Waals surface area contributed by atoms with Gasteiger partial charge in [-0.15, -0.1) is 0 Å². The van der Waals surface area contributed by atoms with Crippen LogP contribution in [0.2, 0.25) is 10.0 Å². The van der Waals surface area contributed by atoms with Crippen molar-refractivity contribution >= 4 is 29.1 Å². The summed E-state index contributed by atoms with van der Waals surface area (Å²) in [6.45, 7) is 1.74. The van der Waals surface area contributed by atoms with Gasteiger partial charge in [0.05, 0.1) is 23.3 Å². The highest BCUT2D eigenvalue weighted by molar-refractivity contribution is 6.42. The topological polar surface area (TPSA) is 47.6 Å². The fourth-order valence-electron chi connectivity index (χ4n) is 3.18. The third-order valence-corrected chi connectivity index (χ3v) is 5.11. The summed E-state index contributed by atoms with van der Waals surface area (Å²) in [6.07, 6.45) is 1.71. The molecule has 24 heavy (non-hydrogen) atoms. The first-order chi connectivity index (χ1) is 11.6. The Kier molecular flexibility index (Phi) is 4.02. The van der Waals surface area contributed by atoms with Crippen LogP contribution in [-0.4, -0.2) is 19.1 Å². The summed E-state index contributed by atoms with van der Waals surface area (Å²) in [5.41, 5.74) is 3.77. The van der Waals surface area contributed by atoms with Crippen LogP contribution in [0.15, 0.2) is 24.3 Å². The van der Waals surface area contributed by atoms with E-state index in [9.17, 15) is 4.79 Å². The fourth-order valence-corrected chi connectivity index (χ4v) is 3.48. The second-order valence-corrected chi connectivity index (χ2v) is 6.64. The predicted molar refractivity (Wildman–Crippen MR) is 92.5 cm³/mol. The molecule has 1 N–H and O–H groups in total. The van der Waals surface area contributed by atoms with Crippen LogP contribution in [0.4, 0.5) is 0 Å². The Hall–Kier alpha value is -1.91. The summed E-state index contributed by atoms with van der Waals surface area (Å²) < 4.78 is 11.5. The van der Waals surface area contributed by atoms with E-state index in [1.807, 2.05) is 0 Å². The van der Waals surface area contributed by atoms with Gasteiger partial charge < -0.3 is 14.8 Å². The second-order valence-electron chi connectivity index (χ2n) is 5.83. The van der Waals surface area contributed by atoms with Crippen LogP contribution >= 0.6 is 23.2 Å². The van der Waals surface area contributed by atoms with E-state index in [4.69, 9.17) is 32.7 Å². The molecule has 0 saturated carbocycles. The van der Waals surface area contributed by atoms with Crippen molar-refractivity contribution in [2.45, 2.75) is 19.4 Å². The number of carbonyl (C=O) groups is 1. The van der Waals surface area contributed by atoms with E-state index < -0.39 is 0 Å². The Labute approximate surface area is 149 Å². The van der Waals surface area contributed by atoms with Gasteiger partial charge in [-0.2, -0.15) is 0 Å². The first-order valence-corrected chi connectivity index (χ1v) is 8.55. The number of amides is 1. The Morgan fingerprint density at radius 3 is 2.75 bits per heavy atom. The van der Waals surface area contributed by atoms with Crippen molar-refractivity contribution < 1.29 is 14.3 Å². The largest absolute Gasteiger partial charge is 0.493 e. The van der Waals surface area contributed by atoms with E-state index in [2.05, 4.69) is 11.4 Å². The quantitative estimate of drug-likeness (QED) is 0.902. The van der Waals surface area contributed by atoms with Crippen LogP contribution in [0.5, 0.6) is 11.5 Å². The summed E-state index contributed by atoms with van der Waals surface area (Å²) >= 11 is 11.9. The molecule has 0 aromatic heterocycles. The SMILES string of the molecule is O=C(NCc1c2c(cc3c1OCC3)OCC2)c1ccc(Cl)c(Cl)c1. The highest BCUT2D eigenvalue weighted by Crippen LogP contribution is 2.40. The molecule has 4 nitrogen and oxygen atoms in total. The van der Waals surface area contributed by atoms with Crippen molar-refractivity contribution in [3.63, 3.8) is 0 Å². The molecule has 2 heterocycles. The molecular formula is C18H15Cl2NO3. The van der Waals surface area contributed by atoms with Crippen LogP contribution in [0.25, 0.3) is 0 Å². The number of carbonyl (C=O) groups excluding carboxylic acids is 1. The van der Waals surface area contributed by atoms with Crippen LogP contribution in [0.3, 0.4) is 0 Å². The van der Waals surface area contributed by atoms with E-state index in [1.54, 1.807) is 18.2 Å². The molecule has 0 fully saturated rings. The number of nitrogens with one attached hydrogen (secondary N) is 1. The Morgan fingerprint density at radius 1 is 1.08 bits per heavy atom. The molecule has 2 aliphatic heterocycles. The zero-order valence-corrected chi connectivity index (χ0v) is 14.3. The molecule has 0 spiro atoms. The molecule has 124 valence electrons. The lowest BCUT2D eigenvalue weighted by molar-refractivity contribution is 0.0950. The smallest absolute Gasteiger partial charge is 0.251 e. The van der Waals surface area contributed by atoms with Crippen molar-refractivity contribution in [3.8, 4) is 11.5 Å². The Balaban J connectivity index is 1.58. The van der Waals surface area contributed by atoms with Gasteiger partial charge in [-0.1, -0.05) is 23.2 Å². The van der Waals surface area contributed by atoms with Crippen LogP contribution in [-0.2, 0) is 19.4 Å². The van der Waals surface area contributed by atoms with Crippen LogP contribution in [0, 0.1) is 0 Å². The molecule has 0 aliphatic carbocycles. The van der Waals surface area contributed by atoms with E-state index >= 15 is 0 Å². The van der Waals surface area contributed by atoms with E-state index in [1.165, 1.54) is 0 Å². The first kappa shape index (κ1) is 15.6. The predicted octanol–water partition coefficient (Wildman–Crippen LogP) is 3.79. The van der Waals surface area contributed by atoms with Crippen LogP contribution < -0.4 is 14.8 Å². The molecule has 0 radical (unpaired) electrons. The number of hydrogen-bond donors (Lipinski definition) is 1. The summed E-state index contributed by atoms with van der Waals surface area (Å²) in [5, 5.41) is 3.74. The monoisotopic (exact) mass is 363 g/mol. The minimum atomic E-state index is -0.197. The van der Waals surface area contributed by atoms with Gasteiger partial charge in [-0.3, -0.25) is 4.79 Å². The number of ether oxygens (including phenoxy) is 2. The molecule has 1 amide bonds. The average molecular weight is 364 g/mol. The molecule has 0 bridgehead atoms. The van der Waals surface area contributed by atoms with Gasteiger partial charge in [0, 0.05) is 41.6 Å². The number of benzene rings is 2. The summed E-state index contributed by atoms with van der Waals surface area (Å²) in [6, 6.07) is 6.91. The van der Waals surface area contributed by atoms with Gasteiger partial charge in [0.2, 0.25) is 0 Å². The lowest BCUT2D eigenvalue weighted by Crippen LogP contribution is -2.23. The molecule has 0 atom stereocenters. The summed E-state index contributed by atoms with van der Waals surface area (Å²) in [7, 11) is 0. The minimum absolute atomic E-state index is 0.197. The van der Waals surface area contributed by atoms with Crippen molar-refractivity contribution in [3.05, 3.63) is 56.6 Å². The molecule has 2 aliphatic rings. The maximum Gasteiger partial charge on any atom is 0.251 e. The molecule has 6 heteroatoms. The van der Waals surface area contributed by atoms with Crippen molar-refractivity contribution in [1.29, 1.82) is 0 Å². The van der Waals surface area contributed by atoms with Gasteiger partial charge >= 0.3 is 0 Å². The van der Waals surface area contributed by atoms with Gasteiger partial charge in [0.1, 0.15) is 11.5 Å². The fraction of sp³-hybridized carbons (Fsp3) is 0.278. The van der Waals surface area contributed by atoms with Crippen molar-refractivity contribution in [2.24, 2.45) is 0 Å². The Bertz CT molecular complexity index is 803. The third-order valence-electron chi connectivity index (χ3n) is 4.37. The molecule has 0 saturated heterocycles. The molecule has 2 aromatic carbocycles. The lowest BCUT2D eigenvalue weighted by Gasteiger charge is -2.14. The maximum atomic E-state index is 12.4. The highest BCUT2D eigenvalue weighted by Gasteiger charge is 2.26. The van der Waals surface area contributed by atoms with Crippen molar-refractivity contribution in [1.82, 2.24) is 5.32 Å². The van der Waals surface area contributed by atoms with Gasteiger partial charge in [0.15, 0.2) is 0 Å². The first-order valence-electron chi connectivity index (χ1n) is 7.80. The van der Waals surface area contributed by atoms with E-state index in [0.717, 1.165) is 41.0 Å². The molecular weight excluding hydrogens is 349 g/mol. The summed E-state index contributed by atoms with van der Waals surface area (Å²) in [4.78, 5) is 12.4. The van der Waals surface area contributed by atoms with Gasteiger partial charge in [0.25, 0.3) is 5.91 Å². The van der Waals surface area contributed by atoms with Crippen LogP contribution in [0.1, 0.15) is 27.0 Å². The van der Waals surface area contributed by atoms with Gasteiger partial charge in [-0.05, 0) is 24.3 Å². The number of fused-ring (bicyclic) bond motifs is 2. The zero-order chi connectivity index (χ0) is 16.7. The molecule has 2 aromatic rings. The number of hydrogen-bond acceptors (Lipinski definition) is 3. The van der Waals surface area contributed by atoms with E-state index in [-0.39, 0.29) is 5.91 Å². The van der Waals surface area contributed by atoms with Gasteiger partial charge in [-0.25, -0.2) is 0 Å². The minimum Gasteiger partial charge on any atom is -0.493 e. The molecule has 4 rings (SSSR count). The Morgan fingerprint density at radius 2 is 1.92 bits per heavy atom. The number of halogens is 2. The standard InChI is InChI=1S/C18H15Cl2NO3/c19-14-2-1-11(7-15(14)20)18(22)21-9-13-12-4-6-23-16(12)8-10-3-5-24-17(10)13/h1-2,7-8H,3-6,9H2,(H,21,22). The normalized spacial score (nSPS) is 14.6.